The van der Waals surface area contributed by atoms with E-state index in [-0.39, 0.29) is 5.91 Å². The number of hydrazone groups is 1. The van der Waals surface area contributed by atoms with Gasteiger partial charge in [-0.15, -0.1) is 0 Å². The number of carbonyl (C=O) groups is 1. The molecule has 6 nitrogen and oxygen atoms in total. The highest BCUT2D eigenvalue weighted by Crippen LogP contribution is 2.10. The molecule has 2 aromatic rings. The van der Waals surface area contributed by atoms with Crippen molar-refractivity contribution in [2.24, 2.45) is 5.10 Å². The van der Waals surface area contributed by atoms with Crippen LogP contribution in [0.3, 0.4) is 0 Å². The van der Waals surface area contributed by atoms with Crippen LogP contribution < -0.4 is 10.2 Å². The number of aromatic nitrogens is 2. The Bertz CT molecular complexity index is 547. The minimum Gasteiger partial charge on any atom is -0.494 e. The number of nitrogens with zero attached hydrogens (tertiary/aromatic N) is 2. The van der Waals surface area contributed by atoms with Gasteiger partial charge in [-0.2, -0.15) is 10.2 Å². The molecule has 19 heavy (non-hydrogen) atoms. The zero-order valence-electron chi connectivity index (χ0n) is 10.5. The second-order valence-corrected chi connectivity index (χ2v) is 3.67. The molecule has 0 aliphatic rings. The molecule has 1 amide bonds. The number of rotatable bonds is 5. The van der Waals surface area contributed by atoms with E-state index in [1.165, 1.54) is 6.20 Å². The van der Waals surface area contributed by atoms with Crippen LogP contribution in [0.5, 0.6) is 5.75 Å². The molecule has 0 spiro atoms. The van der Waals surface area contributed by atoms with Crippen molar-refractivity contribution in [3.8, 4) is 5.75 Å². The highest BCUT2D eigenvalue weighted by Gasteiger charge is 2.03. The fourth-order valence-corrected chi connectivity index (χ4v) is 1.42. The van der Waals surface area contributed by atoms with Crippen LogP contribution in [0.25, 0.3) is 0 Å². The molecule has 0 saturated carbocycles. The van der Waals surface area contributed by atoms with Crippen molar-refractivity contribution in [3.05, 3.63) is 47.8 Å². The Morgan fingerprint density at radius 3 is 2.84 bits per heavy atom. The Balaban J connectivity index is 1.90. The zero-order chi connectivity index (χ0) is 13.5. The van der Waals surface area contributed by atoms with Gasteiger partial charge in [0.1, 0.15) is 11.4 Å². The van der Waals surface area contributed by atoms with E-state index >= 15 is 0 Å². The standard InChI is InChI=1S/C13H14N4O2/c1-2-19-11-5-3-10(4-6-11)9-15-17-13(18)12-7-8-14-16-12/h3-9H,2H2,1H3,(H,14,16)(H,17,18)/b15-9-. The number of carbonyl (C=O) groups excluding carboxylic acids is 1. The molecule has 0 aliphatic carbocycles. The Morgan fingerprint density at radius 1 is 1.42 bits per heavy atom. The van der Waals surface area contributed by atoms with E-state index in [0.717, 1.165) is 11.3 Å². The maximum absolute atomic E-state index is 11.5. The van der Waals surface area contributed by atoms with Gasteiger partial charge in [-0.25, -0.2) is 5.43 Å². The number of benzene rings is 1. The highest BCUT2D eigenvalue weighted by molar-refractivity contribution is 5.92. The molecule has 0 atom stereocenters. The largest absolute Gasteiger partial charge is 0.494 e. The number of aromatic amines is 1. The van der Waals surface area contributed by atoms with Crippen molar-refractivity contribution < 1.29 is 9.53 Å². The summed E-state index contributed by atoms with van der Waals surface area (Å²) in [5.74, 6) is 0.473. The van der Waals surface area contributed by atoms with Crippen LogP contribution in [0.1, 0.15) is 23.0 Å². The third kappa shape index (κ3) is 3.67. The van der Waals surface area contributed by atoms with Crippen molar-refractivity contribution >= 4 is 12.1 Å². The molecular formula is C13H14N4O2. The van der Waals surface area contributed by atoms with Gasteiger partial charge < -0.3 is 4.74 Å². The fraction of sp³-hybridized carbons (Fsp3) is 0.154. The molecule has 0 unspecified atom stereocenters. The lowest BCUT2D eigenvalue weighted by Gasteiger charge is -2.02. The summed E-state index contributed by atoms with van der Waals surface area (Å²) in [4.78, 5) is 11.5. The molecule has 0 fully saturated rings. The predicted octanol–water partition coefficient (Wildman–Crippen LogP) is 1.57. The number of hydrogen-bond acceptors (Lipinski definition) is 4. The number of hydrogen-bond donors (Lipinski definition) is 2. The lowest BCUT2D eigenvalue weighted by molar-refractivity contribution is 0.0950. The van der Waals surface area contributed by atoms with Crippen LogP contribution in [0.15, 0.2) is 41.6 Å². The average molecular weight is 258 g/mol. The highest BCUT2D eigenvalue weighted by atomic mass is 16.5. The third-order valence-electron chi connectivity index (χ3n) is 2.32. The van der Waals surface area contributed by atoms with Gasteiger partial charge in [-0.1, -0.05) is 0 Å². The van der Waals surface area contributed by atoms with Crippen molar-refractivity contribution in [3.63, 3.8) is 0 Å². The third-order valence-corrected chi connectivity index (χ3v) is 2.32. The first-order chi connectivity index (χ1) is 9.29. The molecule has 6 heteroatoms. The van der Waals surface area contributed by atoms with Crippen molar-refractivity contribution in [2.75, 3.05) is 6.61 Å². The van der Waals surface area contributed by atoms with Crippen LogP contribution in [-0.2, 0) is 0 Å². The maximum Gasteiger partial charge on any atom is 0.289 e. The molecule has 0 saturated heterocycles. The van der Waals surface area contributed by atoms with E-state index in [9.17, 15) is 4.79 Å². The fourth-order valence-electron chi connectivity index (χ4n) is 1.42. The Morgan fingerprint density at radius 2 is 2.21 bits per heavy atom. The number of ether oxygens (including phenoxy) is 1. The molecule has 0 aliphatic heterocycles. The zero-order valence-corrected chi connectivity index (χ0v) is 10.5. The molecule has 0 radical (unpaired) electrons. The van der Waals surface area contributed by atoms with Crippen LogP contribution in [0.2, 0.25) is 0 Å². The van der Waals surface area contributed by atoms with Crippen molar-refractivity contribution in [2.45, 2.75) is 6.92 Å². The average Bonchev–Trinajstić information content (AvgIpc) is 2.95. The first-order valence-electron chi connectivity index (χ1n) is 5.85. The van der Waals surface area contributed by atoms with E-state index in [2.05, 4.69) is 20.7 Å². The SMILES string of the molecule is CCOc1ccc(/C=N\NC(=O)c2ccn[nH]2)cc1. The van der Waals surface area contributed by atoms with Gasteiger partial charge in [0.2, 0.25) is 0 Å². The van der Waals surface area contributed by atoms with Gasteiger partial charge >= 0.3 is 0 Å². The summed E-state index contributed by atoms with van der Waals surface area (Å²) < 4.78 is 5.33. The van der Waals surface area contributed by atoms with Crippen molar-refractivity contribution in [1.29, 1.82) is 0 Å². The Labute approximate surface area is 110 Å². The summed E-state index contributed by atoms with van der Waals surface area (Å²) >= 11 is 0. The molecule has 2 N–H and O–H groups in total. The van der Waals surface area contributed by atoms with E-state index < -0.39 is 0 Å². The molecule has 1 aromatic heterocycles. The Kier molecular flexibility index (Phi) is 4.28. The maximum atomic E-state index is 11.5. The van der Waals surface area contributed by atoms with Gasteiger partial charge in [0.05, 0.1) is 12.8 Å². The van der Waals surface area contributed by atoms with Crippen LogP contribution in [0, 0.1) is 0 Å². The van der Waals surface area contributed by atoms with Crippen LogP contribution in [-0.4, -0.2) is 28.9 Å². The van der Waals surface area contributed by atoms with E-state index in [1.54, 1.807) is 12.3 Å². The molecule has 1 aromatic carbocycles. The molecule has 0 bridgehead atoms. The summed E-state index contributed by atoms with van der Waals surface area (Å²) in [6.45, 7) is 2.56. The first kappa shape index (κ1) is 12.8. The summed E-state index contributed by atoms with van der Waals surface area (Å²) in [5, 5.41) is 10.1. The summed E-state index contributed by atoms with van der Waals surface area (Å²) in [5.41, 5.74) is 3.63. The number of nitrogens with one attached hydrogen (secondary N) is 2. The van der Waals surface area contributed by atoms with Crippen LogP contribution >= 0.6 is 0 Å². The van der Waals surface area contributed by atoms with E-state index in [1.807, 2.05) is 31.2 Å². The quantitative estimate of drug-likeness (QED) is 0.631. The lowest BCUT2D eigenvalue weighted by atomic mass is 10.2. The summed E-state index contributed by atoms with van der Waals surface area (Å²) in [6, 6.07) is 8.98. The summed E-state index contributed by atoms with van der Waals surface area (Å²) in [6.07, 6.45) is 3.06. The molecule has 2 rings (SSSR count). The lowest BCUT2D eigenvalue weighted by Crippen LogP contribution is -2.17. The van der Waals surface area contributed by atoms with Gasteiger partial charge in [-0.3, -0.25) is 9.89 Å². The molecule has 1 heterocycles. The predicted molar refractivity (Wildman–Crippen MR) is 71.3 cm³/mol. The van der Waals surface area contributed by atoms with Gasteiger partial charge in [-0.05, 0) is 42.8 Å². The topological polar surface area (TPSA) is 79.4 Å². The smallest absolute Gasteiger partial charge is 0.289 e. The minimum atomic E-state index is -0.334. The minimum absolute atomic E-state index is 0.334. The van der Waals surface area contributed by atoms with Crippen LogP contribution in [0.4, 0.5) is 0 Å². The van der Waals surface area contributed by atoms with Gasteiger partial charge in [0.25, 0.3) is 5.91 Å². The normalized spacial score (nSPS) is 10.6. The molecule has 98 valence electrons. The van der Waals surface area contributed by atoms with Gasteiger partial charge in [0.15, 0.2) is 0 Å². The second kappa shape index (κ2) is 6.34. The first-order valence-corrected chi connectivity index (χ1v) is 5.85. The second-order valence-electron chi connectivity index (χ2n) is 3.67. The number of H-pyrrole nitrogens is 1. The van der Waals surface area contributed by atoms with Gasteiger partial charge in [0, 0.05) is 6.20 Å². The van der Waals surface area contributed by atoms with E-state index in [0.29, 0.717) is 12.3 Å². The monoisotopic (exact) mass is 258 g/mol. The van der Waals surface area contributed by atoms with E-state index in [4.69, 9.17) is 4.74 Å². The Hall–Kier alpha value is -2.63. The molecular weight excluding hydrogens is 244 g/mol. The van der Waals surface area contributed by atoms with Crippen molar-refractivity contribution in [1.82, 2.24) is 15.6 Å². The summed E-state index contributed by atoms with van der Waals surface area (Å²) in [7, 11) is 0. The number of amides is 1.